The second-order valence-corrected chi connectivity index (χ2v) is 5.81. The number of benzene rings is 1. The highest BCUT2D eigenvalue weighted by Gasteiger charge is 2.37. The Morgan fingerprint density at radius 3 is 2.85 bits per heavy atom. The van der Waals surface area contributed by atoms with E-state index in [1.807, 2.05) is 17.0 Å². The number of fused-ring (bicyclic) bond motifs is 1. The van der Waals surface area contributed by atoms with Crippen LogP contribution in [0, 0.1) is 12.8 Å². The van der Waals surface area contributed by atoms with Gasteiger partial charge in [-0.15, -0.1) is 0 Å². The van der Waals surface area contributed by atoms with Crippen molar-refractivity contribution in [2.45, 2.75) is 32.9 Å². The van der Waals surface area contributed by atoms with Gasteiger partial charge in [0.25, 0.3) is 0 Å². The fourth-order valence-electron chi connectivity index (χ4n) is 2.95. The van der Waals surface area contributed by atoms with Crippen LogP contribution in [0.5, 0.6) is 0 Å². The van der Waals surface area contributed by atoms with E-state index in [-0.39, 0.29) is 5.92 Å². The Morgan fingerprint density at radius 2 is 2.10 bits per heavy atom. The Bertz CT molecular complexity index is 685. The summed E-state index contributed by atoms with van der Waals surface area (Å²) < 4.78 is 0. The van der Waals surface area contributed by atoms with Gasteiger partial charge in [-0.1, -0.05) is 24.3 Å². The lowest BCUT2D eigenvalue weighted by molar-refractivity contribution is -0.133. The molecule has 4 rings (SSSR count). The minimum atomic E-state index is 0.286. The molecule has 1 amide bonds. The van der Waals surface area contributed by atoms with E-state index in [4.69, 9.17) is 0 Å². The summed E-state index contributed by atoms with van der Waals surface area (Å²) in [6.45, 7) is 3.48. The molecule has 1 aromatic carbocycles. The van der Waals surface area contributed by atoms with Gasteiger partial charge in [-0.05, 0) is 25.3 Å². The van der Waals surface area contributed by atoms with Crippen LogP contribution in [0.3, 0.4) is 0 Å². The summed E-state index contributed by atoms with van der Waals surface area (Å²) in [5.41, 5.74) is 5.66. The maximum atomic E-state index is 12.2. The maximum Gasteiger partial charge on any atom is 0.226 e. The number of rotatable bonds is 2. The largest absolute Gasteiger partial charge is 0.332 e. The highest BCUT2D eigenvalue weighted by atomic mass is 16.2. The van der Waals surface area contributed by atoms with E-state index in [1.165, 1.54) is 11.1 Å². The standard InChI is InChI=1S/C16H17N3O/c1-10-4-2-3-5-12(10)15-13-8-19(9-14(13)17-18-15)16(20)11-6-7-11/h2-5,11H,6-9H2,1H3,(H,17,18). The van der Waals surface area contributed by atoms with E-state index in [0.29, 0.717) is 19.0 Å². The first-order valence-electron chi connectivity index (χ1n) is 7.15. The van der Waals surface area contributed by atoms with Gasteiger partial charge < -0.3 is 4.90 Å². The SMILES string of the molecule is Cc1ccccc1-c1n[nH]c2c1CN(C(=O)C1CC1)C2. The number of H-pyrrole nitrogens is 1. The second-order valence-electron chi connectivity index (χ2n) is 5.81. The van der Waals surface area contributed by atoms with Crippen molar-refractivity contribution in [3.8, 4) is 11.3 Å². The van der Waals surface area contributed by atoms with E-state index in [1.54, 1.807) is 0 Å². The Balaban J connectivity index is 1.67. The molecule has 0 bridgehead atoms. The Kier molecular flexibility index (Phi) is 2.46. The minimum Gasteiger partial charge on any atom is -0.332 e. The maximum absolute atomic E-state index is 12.2. The number of hydrogen-bond acceptors (Lipinski definition) is 2. The Hall–Kier alpha value is -2.10. The molecule has 2 aliphatic rings. The van der Waals surface area contributed by atoms with Crippen LogP contribution in [0.2, 0.25) is 0 Å². The molecule has 1 N–H and O–H groups in total. The Morgan fingerprint density at radius 1 is 1.30 bits per heavy atom. The molecular formula is C16H17N3O. The fraction of sp³-hybridized carbons (Fsp3) is 0.375. The third-order valence-electron chi connectivity index (χ3n) is 4.29. The fourth-order valence-corrected chi connectivity index (χ4v) is 2.95. The van der Waals surface area contributed by atoms with Crippen molar-refractivity contribution < 1.29 is 4.79 Å². The molecule has 1 aliphatic carbocycles. The predicted molar refractivity (Wildman–Crippen MR) is 75.7 cm³/mol. The van der Waals surface area contributed by atoms with Crippen molar-refractivity contribution >= 4 is 5.91 Å². The van der Waals surface area contributed by atoms with Gasteiger partial charge >= 0.3 is 0 Å². The van der Waals surface area contributed by atoms with E-state index in [9.17, 15) is 4.79 Å². The number of aryl methyl sites for hydroxylation is 1. The number of aromatic amines is 1. The normalized spacial score (nSPS) is 17.4. The smallest absolute Gasteiger partial charge is 0.226 e. The molecule has 102 valence electrons. The molecule has 0 saturated heterocycles. The number of carbonyl (C=O) groups is 1. The summed E-state index contributed by atoms with van der Waals surface area (Å²) in [6.07, 6.45) is 2.12. The van der Waals surface area contributed by atoms with Crippen LogP contribution in [-0.4, -0.2) is 21.0 Å². The summed E-state index contributed by atoms with van der Waals surface area (Å²) in [6, 6.07) is 8.26. The van der Waals surface area contributed by atoms with Gasteiger partial charge in [0.15, 0.2) is 0 Å². The van der Waals surface area contributed by atoms with Crippen LogP contribution in [0.4, 0.5) is 0 Å². The van der Waals surface area contributed by atoms with Crippen LogP contribution in [-0.2, 0) is 17.9 Å². The lowest BCUT2D eigenvalue weighted by Gasteiger charge is -2.15. The van der Waals surface area contributed by atoms with E-state index in [2.05, 4.69) is 29.3 Å². The zero-order chi connectivity index (χ0) is 13.7. The predicted octanol–water partition coefficient (Wildman–Crippen LogP) is 2.64. The molecule has 4 nitrogen and oxygen atoms in total. The van der Waals surface area contributed by atoms with Gasteiger partial charge in [0.2, 0.25) is 5.91 Å². The molecule has 4 heteroatoms. The van der Waals surface area contributed by atoms with Crippen molar-refractivity contribution in [1.82, 2.24) is 15.1 Å². The van der Waals surface area contributed by atoms with Gasteiger partial charge in [0.05, 0.1) is 24.5 Å². The molecule has 0 unspecified atom stereocenters. The highest BCUT2D eigenvalue weighted by molar-refractivity contribution is 5.82. The quantitative estimate of drug-likeness (QED) is 0.909. The van der Waals surface area contributed by atoms with Crippen molar-refractivity contribution in [2.24, 2.45) is 5.92 Å². The van der Waals surface area contributed by atoms with E-state index in [0.717, 1.165) is 29.8 Å². The minimum absolute atomic E-state index is 0.286. The van der Waals surface area contributed by atoms with Crippen LogP contribution in [0.25, 0.3) is 11.3 Å². The molecule has 0 atom stereocenters. The highest BCUT2D eigenvalue weighted by Crippen LogP contribution is 2.36. The van der Waals surface area contributed by atoms with Gasteiger partial charge in [0.1, 0.15) is 0 Å². The topological polar surface area (TPSA) is 49.0 Å². The molecule has 0 spiro atoms. The monoisotopic (exact) mass is 267 g/mol. The van der Waals surface area contributed by atoms with Crippen LogP contribution >= 0.6 is 0 Å². The molecular weight excluding hydrogens is 250 g/mol. The zero-order valence-corrected chi connectivity index (χ0v) is 11.5. The van der Waals surface area contributed by atoms with Crippen molar-refractivity contribution in [3.05, 3.63) is 41.1 Å². The van der Waals surface area contributed by atoms with Crippen LogP contribution in [0.1, 0.15) is 29.7 Å². The molecule has 1 aromatic heterocycles. The molecule has 1 saturated carbocycles. The third-order valence-corrected chi connectivity index (χ3v) is 4.29. The molecule has 2 heterocycles. The molecule has 1 aliphatic heterocycles. The van der Waals surface area contributed by atoms with Crippen molar-refractivity contribution in [2.75, 3.05) is 0 Å². The average molecular weight is 267 g/mol. The van der Waals surface area contributed by atoms with E-state index >= 15 is 0 Å². The summed E-state index contributed by atoms with van der Waals surface area (Å²) in [4.78, 5) is 14.1. The number of carbonyl (C=O) groups excluding carboxylic acids is 1. The lowest BCUT2D eigenvalue weighted by Crippen LogP contribution is -2.27. The van der Waals surface area contributed by atoms with Crippen molar-refractivity contribution in [3.63, 3.8) is 0 Å². The number of aromatic nitrogens is 2. The summed E-state index contributed by atoms with van der Waals surface area (Å²) in [5.74, 6) is 0.596. The van der Waals surface area contributed by atoms with Gasteiger partial charge in [-0.3, -0.25) is 9.89 Å². The molecule has 1 fully saturated rings. The number of amides is 1. The van der Waals surface area contributed by atoms with Gasteiger partial charge in [0, 0.05) is 17.0 Å². The molecule has 0 radical (unpaired) electrons. The first-order chi connectivity index (χ1) is 9.74. The average Bonchev–Trinajstić information content (AvgIpc) is 3.09. The molecule has 20 heavy (non-hydrogen) atoms. The number of nitrogens with one attached hydrogen (secondary N) is 1. The van der Waals surface area contributed by atoms with Crippen LogP contribution < -0.4 is 0 Å². The Labute approximate surface area is 117 Å². The van der Waals surface area contributed by atoms with Crippen molar-refractivity contribution in [1.29, 1.82) is 0 Å². The molecule has 2 aromatic rings. The van der Waals surface area contributed by atoms with Gasteiger partial charge in [-0.25, -0.2) is 0 Å². The summed E-state index contributed by atoms with van der Waals surface area (Å²) in [5, 5.41) is 7.57. The summed E-state index contributed by atoms with van der Waals surface area (Å²) >= 11 is 0. The summed E-state index contributed by atoms with van der Waals surface area (Å²) in [7, 11) is 0. The second kappa shape index (κ2) is 4.20. The lowest BCUT2D eigenvalue weighted by atomic mass is 10.0. The zero-order valence-electron chi connectivity index (χ0n) is 11.5. The van der Waals surface area contributed by atoms with Crippen LogP contribution in [0.15, 0.2) is 24.3 Å². The number of hydrogen-bond donors (Lipinski definition) is 1. The third kappa shape index (κ3) is 1.75. The van der Waals surface area contributed by atoms with E-state index < -0.39 is 0 Å². The number of nitrogens with zero attached hydrogens (tertiary/aromatic N) is 2. The first-order valence-corrected chi connectivity index (χ1v) is 7.15. The first kappa shape index (κ1) is 11.7. The van der Waals surface area contributed by atoms with Gasteiger partial charge in [-0.2, -0.15) is 5.10 Å².